The van der Waals surface area contributed by atoms with Gasteiger partial charge in [0.25, 0.3) is 5.56 Å². The predicted octanol–water partition coefficient (Wildman–Crippen LogP) is 3.81. The van der Waals surface area contributed by atoms with Crippen LogP contribution in [-0.4, -0.2) is 38.3 Å². The van der Waals surface area contributed by atoms with E-state index in [0.717, 1.165) is 34.7 Å². The third-order valence-electron chi connectivity index (χ3n) is 6.34. The lowest BCUT2D eigenvalue weighted by Gasteiger charge is -2.14. The summed E-state index contributed by atoms with van der Waals surface area (Å²) in [5.74, 6) is 0.794. The highest BCUT2D eigenvalue weighted by Crippen LogP contribution is 2.39. The van der Waals surface area contributed by atoms with Crippen molar-refractivity contribution in [3.8, 4) is 0 Å². The van der Waals surface area contributed by atoms with E-state index < -0.39 is 17.6 Å². The second kappa shape index (κ2) is 8.80. The quantitative estimate of drug-likeness (QED) is 0.567. The lowest BCUT2D eigenvalue weighted by molar-refractivity contribution is -0.137. The van der Waals surface area contributed by atoms with Crippen LogP contribution >= 0.6 is 11.6 Å². The van der Waals surface area contributed by atoms with E-state index >= 15 is 0 Å². The van der Waals surface area contributed by atoms with E-state index in [1.807, 2.05) is 6.92 Å². The van der Waals surface area contributed by atoms with Crippen LogP contribution in [0, 0.1) is 11.8 Å². The molecule has 2 atom stereocenters. The topological polar surface area (TPSA) is 90.5 Å². The first-order valence-electron chi connectivity index (χ1n) is 11.1. The Bertz CT molecular complexity index is 1410. The van der Waals surface area contributed by atoms with Crippen molar-refractivity contribution in [3.05, 3.63) is 62.8 Å². The maximum absolute atomic E-state index is 12.9. The molecule has 1 aliphatic heterocycles. The van der Waals surface area contributed by atoms with Crippen LogP contribution in [0.25, 0.3) is 11.4 Å². The molecule has 2 aliphatic rings. The van der Waals surface area contributed by atoms with Crippen molar-refractivity contribution >= 4 is 34.5 Å². The highest BCUT2D eigenvalue weighted by molar-refractivity contribution is 6.33. The molecule has 0 radical (unpaired) electrons. The third-order valence-corrected chi connectivity index (χ3v) is 6.66. The molecule has 3 aromatic rings. The van der Waals surface area contributed by atoms with E-state index in [9.17, 15) is 22.8 Å². The minimum absolute atomic E-state index is 0.0480. The first-order chi connectivity index (χ1) is 16.6. The van der Waals surface area contributed by atoms with Crippen LogP contribution in [0.3, 0.4) is 0 Å². The summed E-state index contributed by atoms with van der Waals surface area (Å²) in [7, 11) is 0. The monoisotopic (exact) mass is 507 g/mol. The summed E-state index contributed by atoms with van der Waals surface area (Å²) in [5, 5.41) is 6.70. The summed E-state index contributed by atoms with van der Waals surface area (Å²) in [6, 6.07) is 4.10. The molecular weight excluding hydrogens is 487 g/mol. The van der Waals surface area contributed by atoms with Gasteiger partial charge in [-0.15, -0.1) is 5.10 Å². The number of allylic oxidation sites excluding steroid dienone is 1. The van der Waals surface area contributed by atoms with Crippen molar-refractivity contribution < 1.29 is 22.7 Å². The molecule has 1 aromatic carbocycles. The molecular formula is C23H21ClF3N5O3. The van der Waals surface area contributed by atoms with Crippen molar-refractivity contribution in [1.29, 1.82) is 0 Å². The van der Waals surface area contributed by atoms with Gasteiger partial charge in [0, 0.05) is 17.7 Å². The SMILES string of the molecule is CCc1cc(=O)n2nc(C3=CC4COCC4C3)nc2n1CC(=O)Nc1ccc(C(F)(F)F)cc1Cl. The standard InChI is InChI=1S/C23H21ClF3N5O3/c1-2-16-8-20(34)32-22(29-21(30-32)12-5-13-10-35-11-14(13)6-12)31(16)9-19(33)28-18-4-3-15(7-17(18)24)23(25,26)27/h3-5,7-8,13-14H,2,6,9-11H2,1H3,(H,28,33). The lowest BCUT2D eigenvalue weighted by atomic mass is 10.00. The Hall–Kier alpha value is -3.18. The maximum atomic E-state index is 12.9. The summed E-state index contributed by atoms with van der Waals surface area (Å²) in [4.78, 5) is 30.1. The molecule has 1 amide bonds. The molecule has 5 rings (SSSR count). The largest absolute Gasteiger partial charge is 0.416 e. The summed E-state index contributed by atoms with van der Waals surface area (Å²) in [6.45, 7) is 2.93. The van der Waals surface area contributed by atoms with Gasteiger partial charge in [-0.05, 0) is 42.5 Å². The summed E-state index contributed by atoms with van der Waals surface area (Å²) >= 11 is 5.97. The molecule has 1 saturated heterocycles. The number of nitrogens with one attached hydrogen (secondary N) is 1. The van der Waals surface area contributed by atoms with Gasteiger partial charge >= 0.3 is 6.18 Å². The molecule has 1 N–H and O–H groups in total. The molecule has 12 heteroatoms. The molecule has 0 spiro atoms. The Kier molecular flexibility index (Phi) is 5.92. The van der Waals surface area contributed by atoms with Crippen LogP contribution in [-0.2, 0) is 28.7 Å². The van der Waals surface area contributed by atoms with Gasteiger partial charge in [-0.3, -0.25) is 9.59 Å². The van der Waals surface area contributed by atoms with E-state index in [4.69, 9.17) is 16.3 Å². The van der Waals surface area contributed by atoms with Gasteiger partial charge < -0.3 is 14.6 Å². The molecule has 2 unspecified atom stereocenters. The highest BCUT2D eigenvalue weighted by atomic mass is 35.5. The number of carbonyl (C=O) groups excluding carboxylic acids is 1. The van der Waals surface area contributed by atoms with Gasteiger partial charge in [0.1, 0.15) is 6.54 Å². The average Bonchev–Trinajstić information content (AvgIpc) is 3.50. The number of aryl methyl sites for hydroxylation is 1. The van der Waals surface area contributed by atoms with Crippen LogP contribution in [0.4, 0.5) is 18.9 Å². The Labute approximate surface area is 202 Å². The Morgan fingerprint density at radius 3 is 2.77 bits per heavy atom. The minimum atomic E-state index is -4.55. The van der Waals surface area contributed by atoms with E-state index in [1.54, 1.807) is 4.57 Å². The van der Waals surface area contributed by atoms with Gasteiger partial charge in [0.05, 0.1) is 29.5 Å². The number of nitrogens with zero attached hydrogens (tertiary/aromatic N) is 4. The molecule has 184 valence electrons. The summed E-state index contributed by atoms with van der Waals surface area (Å²) in [6.07, 6.45) is -1.26. The van der Waals surface area contributed by atoms with E-state index in [0.29, 0.717) is 43.0 Å². The molecule has 8 nitrogen and oxygen atoms in total. The molecule has 35 heavy (non-hydrogen) atoms. The van der Waals surface area contributed by atoms with Crippen molar-refractivity contribution in [3.63, 3.8) is 0 Å². The zero-order chi connectivity index (χ0) is 24.9. The number of hydrogen-bond acceptors (Lipinski definition) is 5. The van der Waals surface area contributed by atoms with Gasteiger partial charge in [-0.1, -0.05) is 24.6 Å². The Balaban J connectivity index is 1.44. The fraction of sp³-hybridized carbons (Fsp3) is 0.391. The zero-order valence-electron chi connectivity index (χ0n) is 18.6. The Morgan fingerprint density at radius 1 is 1.29 bits per heavy atom. The first-order valence-corrected chi connectivity index (χ1v) is 11.5. The number of anilines is 1. The smallest absolute Gasteiger partial charge is 0.381 e. The van der Waals surface area contributed by atoms with Crippen LogP contribution in [0.5, 0.6) is 0 Å². The van der Waals surface area contributed by atoms with Crippen molar-refractivity contribution in [2.45, 2.75) is 32.5 Å². The second-order valence-electron chi connectivity index (χ2n) is 8.66. The van der Waals surface area contributed by atoms with Gasteiger partial charge in [-0.2, -0.15) is 22.7 Å². The molecule has 0 saturated carbocycles. The van der Waals surface area contributed by atoms with Crippen molar-refractivity contribution in [1.82, 2.24) is 19.2 Å². The van der Waals surface area contributed by atoms with Crippen LogP contribution < -0.4 is 10.9 Å². The predicted molar refractivity (Wildman–Crippen MR) is 122 cm³/mol. The first kappa shape index (κ1) is 23.6. The van der Waals surface area contributed by atoms with Gasteiger partial charge in [-0.25, -0.2) is 0 Å². The zero-order valence-corrected chi connectivity index (χ0v) is 19.4. The molecule has 3 heterocycles. The van der Waals surface area contributed by atoms with E-state index in [2.05, 4.69) is 21.5 Å². The molecule has 2 aromatic heterocycles. The Morgan fingerprint density at radius 2 is 2.09 bits per heavy atom. The molecule has 1 aliphatic carbocycles. The fourth-order valence-electron chi connectivity index (χ4n) is 4.55. The van der Waals surface area contributed by atoms with Gasteiger partial charge in [0.2, 0.25) is 11.7 Å². The number of ether oxygens (including phenoxy) is 1. The van der Waals surface area contributed by atoms with E-state index in [1.165, 1.54) is 6.07 Å². The number of fused-ring (bicyclic) bond motifs is 2. The van der Waals surface area contributed by atoms with Crippen LogP contribution in [0.2, 0.25) is 5.02 Å². The van der Waals surface area contributed by atoms with E-state index in [-0.39, 0.29) is 28.6 Å². The minimum Gasteiger partial charge on any atom is -0.381 e. The number of alkyl halides is 3. The fourth-order valence-corrected chi connectivity index (χ4v) is 4.78. The molecule has 1 fully saturated rings. The summed E-state index contributed by atoms with van der Waals surface area (Å²) < 4.78 is 46.9. The molecule has 0 bridgehead atoms. The second-order valence-corrected chi connectivity index (χ2v) is 9.07. The van der Waals surface area contributed by atoms with Crippen molar-refractivity contribution in [2.24, 2.45) is 11.8 Å². The van der Waals surface area contributed by atoms with Crippen molar-refractivity contribution in [2.75, 3.05) is 18.5 Å². The number of aromatic nitrogens is 4. The normalized spacial score (nSPS) is 19.7. The number of amides is 1. The third kappa shape index (κ3) is 4.45. The van der Waals surface area contributed by atoms with Crippen LogP contribution in [0.1, 0.15) is 30.4 Å². The highest BCUT2D eigenvalue weighted by Gasteiger charge is 2.34. The number of rotatable bonds is 5. The maximum Gasteiger partial charge on any atom is 0.416 e. The number of carbonyl (C=O) groups is 1. The number of halogens is 4. The average molecular weight is 508 g/mol. The lowest BCUT2D eigenvalue weighted by Crippen LogP contribution is -2.26. The summed E-state index contributed by atoms with van der Waals surface area (Å²) in [5.41, 5.74) is 0.286. The number of benzene rings is 1. The van der Waals surface area contributed by atoms with Gasteiger partial charge in [0.15, 0.2) is 5.82 Å². The number of hydrogen-bond donors (Lipinski definition) is 1. The van der Waals surface area contributed by atoms with Crippen LogP contribution in [0.15, 0.2) is 35.1 Å².